The molecule has 2 aromatic heterocycles. The summed E-state index contributed by atoms with van der Waals surface area (Å²) in [7, 11) is -3.56. The number of nitrogens with zero attached hydrogens (tertiary/aromatic N) is 1. The van der Waals surface area contributed by atoms with Gasteiger partial charge in [0.05, 0.1) is 5.75 Å². The third-order valence-electron chi connectivity index (χ3n) is 3.34. The van der Waals surface area contributed by atoms with Crippen molar-refractivity contribution in [1.82, 2.24) is 9.71 Å². The van der Waals surface area contributed by atoms with Gasteiger partial charge in [-0.05, 0) is 40.8 Å². The molecule has 0 spiro atoms. The second kappa shape index (κ2) is 7.21. The van der Waals surface area contributed by atoms with Crippen molar-refractivity contribution in [1.29, 1.82) is 0 Å². The highest BCUT2D eigenvalue weighted by atomic mass is 32.2. The van der Waals surface area contributed by atoms with Gasteiger partial charge >= 0.3 is 0 Å². The zero-order chi connectivity index (χ0) is 17.0. The van der Waals surface area contributed by atoms with E-state index in [0.29, 0.717) is 5.56 Å². The summed E-state index contributed by atoms with van der Waals surface area (Å²) in [4.78, 5) is 5.24. The van der Waals surface area contributed by atoms with E-state index in [1.54, 1.807) is 29.8 Å². The van der Waals surface area contributed by atoms with E-state index in [4.69, 9.17) is 0 Å². The number of benzene rings is 1. The Bertz CT molecular complexity index is 925. The standard InChI is InChI=1S/C17H15FN2O2S2/c18-16-4-1-3-13(8-16)12-24(21,22)20-10-14-7-15(11-19-9-14)17-5-2-6-23-17/h1-9,11,20H,10,12H2. The van der Waals surface area contributed by atoms with Gasteiger partial charge in [0, 0.05) is 29.4 Å². The molecule has 4 nitrogen and oxygen atoms in total. The minimum absolute atomic E-state index is 0.143. The van der Waals surface area contributed by atoms with Crippen molar-refractivity contribution in [3.05, 3.63) is 77.2 Å². The fourth-order valence-corrected chi connectivity index (χ4v) is 4.07. The number of thiophene rings is 1. The molecule has 7 heteroatoms. The van der Waals surface area contributed by atoms with E-state index in [1.165, 1.54) is 18.2 Å². The van der Waals surface area contributed by atoms with Crippen molar-refractivity contribution in [2.45, 2.75) is 12.3 Å². The predicted octanol–water partition coefficient (Wildman–Crippen LogP) is 3.57. The third kappa shape index (κ3) is 4.47. The predicted molar refractivity (Wildman–Crippen MR) is 93.4 cm³/mol. The molecule has 3 aromatic rings. The number of aromatic nitrogens is 1. The van der Waals surface area contributed by atoms with Crippen LogP contribution in [0.5, 0.6) is 0 Å². The largest absolute Gasteiger partial charge is 0.264 e. The van der Waals surface area contributed by atoms with E-state index in [-0.39, 0.29) is 12.3 Å². The molecule has 2 heterocycles. The lowest BCUT2D eigenvalue weighted by atomic mass is 10.2. The minimum Gasteiger partial charge on any atom is -0.264 e. The number of halogens is 1. The van der Waals surface area contributed by atoms with Crippen LogP contribution in [-0.2, 0) is 22.3 Å². The van der Waals surface area contributed by atoms with Crippen LogP contribution < -0.4 is 4.72 Å². The summed E-state index contributed by atoms with van der Waals surface area (Å²) in [6, 6.07) is 11.4. The first-order valence-electron chi connectivity index (χ1n) is 7.21. The maximum Gasteiger partial charge on any atom is 0.216 e. The molecule has 3 rings (SSSR count). The van der Waals surface area contributed by atoms with Gasteiger partial charge in [-0.2, -0.15) is 0 Å². The van der Waals surface area contributed by atoms with Gasteiger partial charge in [0.2, 0.25) is 10.0 Å². The fraction of sp³-hybridized carbons (Fsp3) is 0.118. The smallest absolute Gasteiger partial charge is 0.216 e. The van der Waals surface area contributed by atoms with E-state index < -0.39 is 15.8 Å². The first kappa shape index (κ1) is 16.8. The molecule has 0 amide bonds. The quantitative estimate of drug-likeness (QED) is 0.729. The van der Waals surface area contributed by atoms with E-state index in [0.717, 1.165) is 16.0 Å². The number of pyridine rings is 1. The number of hydrogen-bond donors (Lipinski definition) is 1. The zero-order valence-corrected chi connectivity index (χ0v) is 14.3. The molecule has 0 unspecified atom stereocenters. The number of rotatable bonds is 6. The molecule has 0 aliphatic carbocycles. The molecule has 0 aliphatic heterocycles. The third-order valence-corrected chi connectivity index (χ3v) is 5.56. The molecular formula is C17H15FN2O2S2. The zero-order valence-electron chi connectivity index (χ0n) is 12.6. The van der Waals surface area contributed by atoms with Gasteiger partial charge in [0.1, 0.15) is 5.82 Å². The molecule has 0 radical (unpaired) electrons. The Morgan fingerprint density at radius 3 is 2.71 bits per heavy atom. The van der Waals surface area contributed by atoms with Crippen molar-refractivity contribution in [3.8, 4) is 10.4 Å². The van der Waals surface area contributed by atoms with E-state index >= 15 is 0 Å². The van der Waals surface area contributed by atoms with Crippen LogP contribution >= 0.6 is 11.3 Å². The van der Waals surface area contributed by atoms with Crippen molar-refractivity contribution in [2.75, 3.05) is 0 Å². The average Bonchev–Trinajstić information content (AvgIpc) is 3.07. The normalized spacial score (nSPS) is 11.5. The molecule has 0 fully saturated rings. The first-order valence-corrected chi connectivity index (χ1v) is 9.75. The van der Waals surface area contributed by atoms with Gasteiger partial charge in [0.15, 0.2) is 0 Å². The molecule has 24 heavy (non-hydrogen) atoms. The maximum absolute atomic E-state index is 13.1. The lowest BCUT2D eigenvalue weighted by Crippen LogP contribution is -2.24. The van der Waals surface area contributed by atoms with Crippen LogP contribution in [-0.4, -0.2) is 13.4 Å². The summed E-state index contributed by atoms with van der Waals surface area (Å²) in [5.74, 6) is -0.710. The first-order chi connectivity index (χ1) is 11.5. The van der Waals surface area contributed by atoms with E-state index in [2.05, 4.69) is 9.71 Å². The van der Waals surface area contributed by atoms with Crippen molar-refractivity contribution in [2.24, 2.45) is 0 Å². The lowest BCUT2D eigenvalue weighted by molar-refractivity contribution is 0.580. The SMILES string of the molecule is O=S(=O)(Cc1cccc(F)c1)NCc1cncc(-c2cccs2)c1. The Morgan fingerprint density at radius 2 is 1.96 bits per heavy atom. The van der Waals surface area contributed by atoms with Crippen LogP contribution in [0.25, 0.3) is 10.4 Å². The Labute approximate surface area is 144 Å². The van der Waals surface area contributed by atoms with Gasteiger partial charge in [0.25, 0.3) is 0 Å². The Balaban J connectivity index is 1.67. The minimum atomic E-state index is -3.56. The molecule has 0 bridgehead atoms. The molecule has 124 valence electrons. The molecule has 0 saturated heterocycles. The van der Waals surface area contributed by atoms with Crippen LogP contribution in [0.4, 0.5) is 4.39 Å². The van der Waals surface area contributed by atoms with Gasteiger partial charge in [-0.3, -0.25) is 4.98 Å². The van der Waals surface area contributed by atoms with Gasteiger partial charge in [-0.25, -0.2) is 17.5 Å². The molecule has 1 aromatic carbocycles. The van der Waals surface area contributed by atoms with Gasteiger partial charge in [-0.1, -0.05) is 18.2 Å². The second-order valence-electron chi connectivity index (χ2n) is 5.27. The number of sulfonamides is 1. The molecular weight excluding hydrogens is 347 g/mol. The van der Waals surface area contributed by atoms with Crippen molar-refractivity contribution >= 4 is 21.4 Å². The van der Waals surface area contributed by atoms with Gasteiger partial charge in [-0.15, -0.1) is 11.3 Å². The topological polar surface area (TPSA) is 59.1 Å². The highest BCUT2D eigenvalue weighted by Gasteiger charge is 2.12. The van der Waals surface area contributed by atoms with Crippen LogP contribution in [0.15, 0.2) is 60.2 Å². The summed E-state index contributed by atoms with van der Waals surface area (Å²) in [6.07, 6.45) is 3.37. The summed E-state index contributed by atoms with van der Waals surface area (Å²) in [6.45, 7) is 0.143. The summed E-state index contributed by atoms with van der Waals surface area (Å²) >= 11 is 1.60. The van der Waals surface area contributed by atoms with Crippen molar-refractivity contribution in [3.63, 3.8) is 0 Å². The molecule has 0 atom stereocenters. The summed E-state index contributed by atoms with van der Waals surface area (Å²) in [5.41, 5.74) is 2.13. The summed E-state index contributed by atoms with van der Waals surface area (Å²) < 4.78 is 40.0. The maximum atomic E-state index is 13.1. The highest BCUT2D eigenvalue weighted by Crippen LogP contribution is 2.24. The monoisotopic (exact) mass is 362 g/mol. The summed E-state index contributed by atoms with van der Waals surface area (Å²) in [5, 5.41) is 1.98. The number of hydrogen-bond acceptors (Lipinski definition) is 4. The van der Waals surface area contributed by atoms with Crippen LogP contribution in [0.1, 0.15) is 11.1 Å². The van der Waals surface area contributed by atoms with Crippen LogP contribution in [0, 0.1) is 5.82 Å². The molecule has 0 aliphatic rings. The second-order valence-corrected chi connectivity index (χ2v) is 8.02. The number of nitrogens with one attached hydrogen (secondary N) is 1. The fourth-order valence-electron chi connectivity index (χ4n) is 2.25. The van der Waals surface area contributed by atoms with Crippen LogP contribution in [0.2, 0.25) is 0 Å². The van der Waals surface area contributed by atoms with Crippen molar-refractivity contribution < 1.29 is 12.8 Å². The van der Waals surface area contributed by atoms with Crippen LogP contribution in [0.3, 0.4) is 0 Å². The van der Waals surface area contributed by atoms with E-state index in [9.17, 15) is 12.8 Å². The Morgan fingerprint density at radius 1 is 1.08 bits per heavy atom. The molecule has 1 N–H and O–H groups in total. The average molecular weight is 362 g/mol. The van der Waals surface area contributed by atoms with Gasteiger partial charge < -0.3 is 0 Å². The Hall–Kier alpha value is -2.09. The highest BCUT2D eigenvalue weighted by molar-refractivity contribution is 7.88. The molecule has 0 saturated carbocycles. The lowest BCUT2D eigenvalue weighted by Gasteiger charge is -2.08. The Kier molecular flexibility index (Phi) is 5.03. The van der Waals surface area contributed by atoms with E-state index in [1.807, 2.05) is 23.6 Å².